The van der Waals surface area contributed by atoms with Gasteiger partial charge in [0.05, 0.1) is 18.2 Å². The smallest absolute Gasteiger partial charge is 0.169 e. The van der Waals surface area contributed by atoms with Crippen molar-refractivity contribution in [2.75, 3.05) is 13.1 Å². The third kappa shape index (κ3) is 3.91. The summed E-state index contributed by atoms with van der Waals surface area (Å²) in [5, 5.41) is 4.23. The summed E-state index contributed by atoms with van der Waals surface area (Å²) in [5.74, 6) is 0. The molecule has 4 heteroatoms. The average molecular weight is 278 g/mol. The average Bonchev–Trinajstić information content (AvgIpc) is 2.38. The highest BCUT2D eigenvalue weighted by Crippen LogP contribution is 2.14. The van der Waals surface area contributed by atoms with Gasteiger partial charge in [0.1, 0.15) is 0 Å². The molecule has 0 saturated carbocycles. The molecular formula is C15H22N2OS. The molecular weight excluding hydrogens is 256 g/mol. The van der Waals surface area contributed by atoms with Crippen LogP contribution in [0.1, 0.15) is 32.4 Å². The van der Waals surface area contributed by atoms with E-state index in [0.29, 0.717) is 0 Å². The molecule has 0 spiro atoms. The maximum atomic E-state index is 5.73. The van der Waals surface area contributed by atoms with Crippen LogP contribution in [0.5, 0.6) is 0 Å². The number of nitrogens with zero attached hydrogens (tertiary/aromatic N) is 1. The summed E-state index contributed by atoms with van der Waals surface area (Å²) in [7, 11) is 0. The lowest BCUT2D eigenvalue weighted by Crippen LogP contribution is -2.51. The van der Waals surface area contributed by atoms with Crippen LogP contribution < -0.4 is 5.32 Å². The van der Waals surface area contributed by atoms with Crippen molar-refractivity contribution in [1.82, 2.24) is 10.2 Å². The minimum absolute atomic E-state index is 0.224. The number of hydrogen-bond acceptors (Lipinski definition) is 2. The van der Waals surface area contributed by atoms with Crippen LogP contribution in [-0.4, -0.2) is 35.3 Å². The van der Waals surface area contributed by atoms with Crippen molar-refractivity contribution >= 4 is 17.3 Å². The molecule has 19 heavy (non-hydrogen) atoms. The predicted octanol–water partition coefficient (Wildman–Crippen LogP) is 2.73. The molecule has 2 rings (SSSR count). The van der Waals surface area contributed by atoms with Gasteiger partial charge in [-0.15, -0.1) is 0 Å². The normalized spacial score (nSPS) is 24.9. The molecule has 0 bridgehead atoms. The van der Waals surface area contributed by atoms with Crippen molar-refractivity contribution in [2.45, 2.75) is 39.0 Å². The van der Waals surface area contributed by atoms with E-state index in [1.807, 2.05) is 6.07 Å². The Kier molecular flexibility index (Phi) is 4.77. The van der Waals surface area contributed by atoms with Gasteiger partial charge >= 0.3 is 0 Å². The maximum absolute atomic E-state index is 5.73. The van der Waals surface area contributed by atoms with Gasteiger partial charge in [0, 0.05) is 13.1 Å². The first-order valence-electron chi connectivity index (χ1n) is 6.82. The Morgan fingerprint density at radius 1 is 1.26 bits per heavy atom. The molecule has 3 atom stereocenters. The number of nitrogens with one attached hydrogen (secondary N) is 1. The monoisotopic (exact) mass is 278 g/mol. The van der Waals surface area contributed by atoms with Gasteiger partial charge < -0.3 is 15.0 Å². The lowest BCUT2D eigenvalue weighted by Gasteiger charge is -2.37. The van der Waals surface area contributed by atoms with E-state index in [0.717, 1.165) is 18.2 Å². The van der Waals surface area contributed by atoms with Crippen LogP contribution in [0.2, 0.25) is 0 Å². The first-order valence-corrected chi connectivity index (χ1v) is 7.23. The molecule has 1 aromatic carbocycles. The summed E-state index contributed by atoms with van der Waals surface area (Å²) in [4.78, 5) is 2.20. The van der Waals surface area contributed by atoms with Crippen molar-refractivity contribution in [3.63, 3.8) is 0 Å². The van der Waals surface area contributed by atoms with Gasteiger partial charge in [-0.1, -0.05) is 30.3 Å². The number of rotatable bonds is 2. The molecule has 1 saturated heterocycles. The summed E-state index contributed by atoms with van der Waals surface area (Å²) in [6, 6.07) is 10.6. The second-order valence-corrected chi connectivity index (χ2v) is 5.63. The topological polar surface area (TPSA) is 24.5 Å². The van der Waals surface area contributed by atoms with Crippen molar-refractivity contribution in [3.05, 3.63) is 35.9 Å². The number of morpholine rings is 1. The van der Waals surface area contributed by atoms with E-state index < -0.39 is 0 Å². The molecule has 3 nitrogen and oxygen atoms in total. The zero-order chi connectivity index (χ0) is 13.8. The first kappa shape index (κ1) is 14.3. The van der Waals surface area contributed by atoms with E-state index >= 15 is 0 Å². The molecule has 1 aliphatic rings. The van der Waals surface area contributed by atoms with Crippen LogP contribution in [0.4, 0.5) is 0 Å². The molecule has 1 aromatic rings. The van der Waals surface area contributed by atoms with Crippen LogP contribution in [0.3, 0.4) is 0 Å². The molecule has 0 radical (unpaired) electrons. The van der Waals surface area contributed by atoms with Gasteiger partial charge in [-0.3, -0.25) is 0 Å². The van der Waals surface area contributed by atoms with E-state index in [2.05, 4.69) is 55.3 Å². The molecule has 1 aliphatic heterocycles. The van der Waals surface area contributed by atoms with E-state index in [1.165, 1.54) is 5.56 Å². The fourth-order valence-corrected chi connectivity index (χ4v) is 2.77. The van der Waals surface area contributed by atoms with Crippen molar-refractivity contribution in [2.24, 2.45) is 0 Å². The zero-order valence-corrected chi connectivity index (χ0v) is 12.6. The first-order chi connectivity index (χ1) is 9.06. The zero-order valence-electron chi connectivity index (χ0n) is 11.8. The quantitative estimate of drug-likeness (QED) is 0.841. The Morgan fingerprint density at radius 3 is 2.42 bits per heavy atom. The van der Waals surface area contributed by atoms with Gasteiger partial charge in [0.25, 0.3) is 0 Å². The number of benzene rings is 1. The van der Waals surface area contributed by atoms with Gasteiger partial charge in [-0.2, -0.15) is 0 Å². The van der Waals surface area contributed by atoms with Crippen LogP contribution in [0.25, 0.3) is 0 Å². The predicted molar refractivity (Wildman–Crippen MR) is 82.2 cm³/mol. The second kappa shape index (κ2) is 6.35. The summed E-state index contributed by atoms with van der Waals surface area (Å²) >= 11 is 5.52. The summed E-state index contributed by atoms with van der Waals surface area (Å²) in [5.41, 5.74) is 1.25. The molecule has 1 heterocycles. The molecule has 3 unspecified atom stereocenters. The summed E-state index contributed by atoms with van der Waals surface area (Å²) in [6.07, 6.45) is 0.464. The molecule has 0 amide bonds. The van der Waals surface area contributed by atoms with Crippen LogP contribution in [-0.2, 0) is 4.74 Å². The number of hydrogen-bond donors (Lipinski definition) is 1. The fraction of sp³-hybridized carbons (Fsp3) is 0.533. The highest BCUT2D eigenvalue weighted by Gasteiger charge is 2.24. The maximum Gasteiger partial charge on any atom is 0.169 e. The Morgan fingerprint density at radius 2 is 1.84 bits per heavy atom. The standard InChI is InChI=1S/C15H22N2OS/c1-11-9-17(10-12(2)18-11)15(19)16-13(3)14-7-5-4-6-8-14/h4-8,11-13H,9-10H2,1-3H3,(H,16,19). The number of thiocarbonyl (C=S) groups is 1. The molecule has 0 aromatic heterocycles. The van der Waals surface area contributed by atoms with E-state index in [-0.39, 0.29) is 18.2 Å². The number of ether oxygens (including phenoxy) is 1. The third-order valence-electron chi connectivity index (χ3n) is 3.35. The van der Waals surface area contributed by atoms with Crippen LogP contribution >= 0.6 is 12.2 Å². The second-order valence-electron chi connectivity index (χ2n) is 5.24. The summed E-state index contributed by atoms with van der Waals surface area (Å²) < 4.78 is 5.73. The van der Waals surface area contributed by atoms with Crippen LogP contribution in [0, 0.1) is 0 Å². The fourth-order valence-electron chi connectivity index (χ4n) is 2.45. The van der Waals surface area contributed by atoms with Gasteiger partial charge in [-0.25, -0.2) is 0 Å². The minimum Gasteiger partial charge on any atom is -0.372 e. The van der Waals surface area contributed by atoms with Crippen molar-refractivity contribution < 1.29 is 4.74 Å². The molecule has 1 fully saturated rings. The highest BCUT2D eigenvalue weighted by atomic mass is 32.1. The lowest BCUT2D eigenvalue weighted by molar-refractivity contribution is -0.0483. The van der Waals surface area contributed by atoms with Gasteiger partial charge in [0.15, 0.2) is 5.11 Å². The van der Waals surface area contributed by atoms with Gasteiger partial charge in [0.2, 0.25) is 0 Å². The SMILES string of the molecule is CC1CN(C(=S)NC(C)c2ccccc2)CC(C)O1. The Labute approximate surface area is 120 Å². The summed E-state index contributed by atoms with van der Waals surface area (Å²) in [6.45, 7) is 8.03. The van der Waals surface area contributed by atoms with E-state index in [4.69, 9.17) is 17.0 Å². The van der Waals surface area contributed by atoms with Crippen molar-refractivity contribution in [1.29, 1.82) is 0 Å². The van der Waals surface area contributed by atoms with Crippen molar-refractivity contribution in [3.8, 4) is 0 Å². The minimum atomic E-state index is 0.224. The molecule has 1 N–H and O–H groups in total. The van der Waals surface area contributed by atoms with E-state index in [9.17, 15) is 0 Å². The molecule has 104 valence electrons. The Hall–Kier alpha value is -1.13. The highest BCUT2D eigenvalue weighted by molar-refractivity contribution is 7.80. The Bertz CT molecular complexity index is 413. The van der Waals surface area contributed by atoms with E-state index in [1.54, 1.807) is 0 Å². The third-order valence-corrected chi connectivity index (χ3v) is 3.72. The lowest BCUT2D eigenvalue weighted by atomic mass is 10.1. The van der Waals surface area contributed by atoms with Gasteiger partial charge in [-0.05, 0) is 38.6 Å². The Balaban J connectivity index is 1.93. The molecule has 0 aliphatic carbocycles. The van der Waals surface area contributed by atoms with Crippen LogP contribution in [0.15, 0.2) is 30.3 Å². The largest absolute Gasteiger partial charge is 0.372 e.